The van der Waals surface area contributed by atoms with E-state index in [0.717, 1.165) is 24.5 Å². The van der Waals surface area contributed by atoms with Crippen molar-refractivity contribution in [2.24, 2.45) is 0 Å². The Balaban J connectivity index is 1.58. The van der Waals surface area contributed by atoms with E-state index in [0.29, 0.717) is 24.6 Å². The number of amides is 1. The summed E-state index contributed by atoms with van der Waals surface area (Å²) in [6.07, 6.45) is 6.52. The minimum atomic E-state index is -0.151. The fraction of sp³-hybridized carbons (Fsp3) is 0.647. The molecule has 0 aromatic carbocycles. The second-order valence-corrected chi connectivity index (χ2v) is 7.22. The zero-order chi connectivity index (χ0) is 17.6. The standard InChI is InChI=1S/C17H24N6O2/c1-10(2)22-8-13(18-9-22)17(24)23-7-12(25-3)6-14(23)16-19-15(20-21-16)11-4-5-11/h8-12,14H,4-7H2,1-3H3,(H,19,20,21)/t12-,14+/m1/s1. The molecule has 2 aromatic heterocycles. The van der Waals surface area contributed by atoms with Gasteiger partial charge >= 0.3 is 0 Å². The first-order chi connectivity index (χ1) is 12.1. The van der Waals surface area contributed by atoms with Crippen LogP contribution in [0.2, 0.25) is 0 Å². The van der Waals surface area contributed by atoms with E-state index in [9.17, 15) is 4.79 Å². The monoisotopic (exact) mass is 344 g/mol. The Morgan fingerprint density at radius 2 is 2.20 bits per heavy atom. The van der Waals surface area contributed by atoms with Crippen LogP contribution in [0.1, 0.15) is 73.2 Å². The van der Waals surface area contributed by atoms with Gasteiger partial charge in [0.15, 0.2) is 5.82 Å². The van der Waals surface area contributed by atoms with Gasteiger partial charge in [0.1, 0.15) is 11.5 Å². The zero-order valence-electron chi connectivity index (χ0n) is 14.8. The van der Waals surface area contributed by atoms with Crippen LogP contribution in [0, 0.1) is 0 Å². The van der Waals surface area contributed by atoms with Gasteiger partial charge in [-0.25, -0.2) is 9.97 Å². The van der Waals surface area contributed by atoms with E-state index < -0.39 is 0 Å². The number of rotatable bonds is 5. The number of aromatic amines is 1. The number of ether oxygens (including phenoxy) is 1. The average Bonchev–Trinajstić information content (AvgIpc) is 3.07. The molecule has 1 aliphatic carbocycles. The number of hydrogen-bond donors (Lipinski definition) is 1. The van der Waals surface area contributed by atoms with Crippen LogP contribution in [0.15, 0.2) is 12.5 Å². The first-order valence-electron chi connectivity index (χ1n) is 8.86. The molecule has 1 saturated heterocycles. The van der Waals surface area contributed by atoms with Crippen LogP contribution < -0.4 is 0 Å². The molecule has 2 aromatic rings. The lowest BCUT2D eigenvalue weighted by atomic mass is 10.2. The molecule has 3 heterocycles. The Morgan fingerprint density at radius 3 is 2.84 bits per heavy atom. The fourth-order valence-electron chi connectivity index (χ4n) is 3.29. The topological polar surface area (TPSA) is 88.9 Å². The minimum Gasteiger partial charge on any atom is -0.380 e. The quantitative estimate of drug-likeness (QED) is 0.897. The molecule has 0 bridgehead atoms. The Bertz CT molecular complexity index is 763. The molecule has 0 spiro atoms. The third-order valence-corrected chi connectivity index (χ3v) is 5.05. The summed E-state index contributed by atoms with van der Waals surface area (Å²) in [5.74, 6) is 2.01. The molecule has 0 radical (unpaired) electrons. The van der Waals surface area contributed by atoms with Crippen molar-refractivity contribution in [3.8, 4) is 0 Å². The Labute approximate surface area is 146 Å². The number of H-pyrrole nitrogens is 1. The number of carbonyl (C=O) groups is 1. The van der Waals surface area contributed by atoms with Gasteiger partial charge in [-0.05, 0) is 26.7 Å². The van der Waals surface area contributed by atoms with Gasteiger partial charge in [0.05, 0.1) is 18.5 Å². The fourth-order valence-corrected chi connectivity index (χ4v) is 3.29. The van der Waals surface area contributed by atoms with E-state index in [2.05, 4.69) is 34.0 Å². The van der Waals surface area contributed by atoms with Crippen LogP contribution >= 0.6 is 0 Å². The molecule has 1 amide bonds. The first kappa shape index (κ1) is 16.3. The molecule has 2 fully saturated rings. The number of aromatic nitrogens is 5. The van der Waals surface area contributed by atoms with Gasteiger partial charge in [0, 0.05) is 38.2 Å². The molecule has 2 atom stereocenters. The number of carbonyl (C=O) groups excluding carboxylic acids is 1. The molecule has 8 nitrogen and oxygen atoms in total. The summed E-state index contributed by atoms with van der Waals surface area (Å²) >= 11 is 0. The second kappa shape index (κ2) is 6.25. The molecule has 4 rings (SSSR count). The van der Waals surface area contributed by atoms with Gasteiger partial charge in [-0.3, -0.25) is 9.89 Å². The predicted molar refractivity (Wildman–Crippen MR) is 90.2 cm³/mol. The van der Waals surface area contributed by atoms with Crippen LogP contribution in [-0.2, 0) is 4.74 Å². The summed E-state index contributed by atoms with van der Waals surface area (Å²) in [6.45, 7) is 4.65. The highest BCUT2D eigenvalue weighted by Gasteiger charge is 2.40. The molecule has 1 saturated carbocycles. The van der Waals surface area contributed by atoms with Gasteiger partial charge in [-0.1, -0.05) is 0 Å². The molecule has 8 heteroatoms. The van der Waals surface area contributed by atoms with Crippen molar-refractivity contribution >= 4 is 5.91 Å². The molecule has 25 heavy (non-hydrogen) atoms. The summed E-state index contributed by atoms with van der Waals surface area (Å²) in [5.41, 5.74) is 0.456. The van der Waals surface area contributed by atoms with Crippen molar-refractivity contribution in [1.82, 2.24) is 29.6 Å². The maximum absolute atomic E-state index is 13.0. The van der Waals surface area contributed by atoms with Gasteiger partial charge < -0.3 is 14.2 Å². The van der Waals surface area contributed by atoms with E-state index in [4.69, 9.17) is 4.74 Å². The lowest BCUT2D eigenvalue weighted by molar-refractivity contribution is 0.0679. The van der Waals surface area contributed by atoms with E-state index in [1.807, 2.05) is 4.57 Å². The van der Waals surface area contributed by atoms with Crippen LogP contribution in [0.25, 0.3) is 0 Å². The van der Waals surface area contributed by atoms with Crippen LogP contribution in [-0.4, -0.2) is 55.3 Å². The van der Waals surface area contributed by atoms with Crippen LogP contribution in [0.3, 0.4) is 0 Å². The Kier molecular flexibility index (Phi) is 4.07. The normalized spacial score (nSPS) is 23.6. The summed E-state index contributed by atoms with van der Waals surface area (Å²) in [7, 11) is 1.68. The van der Waals surface area contributed by atoms with Crippen molar-refractivity contribution in [2.45, 2.75) is 57.2 Å². The number of likely N-dealkylation sites (tertiary alicyclic amines) is 1. The Hall–Kier alpha value is -2.22. The van der Waals surface area contributed by atoms with E-state index >= 15 is 0 Å². The number of nitrogens with one attached hydrogen (secondary N) is 1. The lowest BCUT2D eigenvalue weighted by Gasteiger charge is -2.21. The number of nitrogens with zero attached hydrogens (tertiary/aromatic N) is 5. The van der Waals surface area contributed by atoms with Gasteiger partial charge in [0.2, 0.25) is 0 Å². The average molecular weight is 344 g/mol. The van der Waals surface area contributed by atoms with Gasteiger partial charge in [0.25, 0.3) is 5.91 Å². The molecule has 134 valence electrons. The summed E-state index contributed by atoms with van der Waals surface area (Å²) in [5, 5.41) is 7.37. The second-order valence-electron chi connectivity index (χ2n) is 7.22. The molecule has 2 aliphatic rings. The van der Waals surface area contributed by atoms with E-state index in [1.54, 1.807) is 24.5 Å². The summed E-state index contributed by atoms with van der Waals surface area (Å²) in [6, 6.07) is 0.118. The largest absolute Gasteiger partial charge is 0.380 e. The molecule has 1 aliphatic heterocycles. The van der Waals surface area contributed by atoms with Crippen molar-refractivity contribution in [3.05, 3.63) is 29.9 Å². The third kappa shape index (κ3) is 3.06. The van der Waals surface area contributed by atoms with Crippen molar-refractivity contribution in [1.29, 1.82) is 0 Å². The van der Waals surface area contributed by atoms with E-state index in [-0.39, 0.29) is 24.1 Å². The summed E-state index contributed by atoms with van der Waals surface area (Å²) in [4.78, 5) is 23.7. The minimum absolute atomic E-state index is 0.00407. The highest BCUT2D eigenvalue weighted by atomic mass is 16.5. The first-order valence-corrected chi connectivity index (χ1v) is 8.86. The number of hydrogen-bond acceptors (Lipinski definition) is 5. The van der Waals surface area contributed by atoms with Crippen molar-refractivity contribution in [3.63, 3.8) is 0 Å². The van der Waals surface area contributed by atoms with Crippen molar-refractivity contribution < 1.29 is 9.53 Å². The van der Waals surface area contributed by atoms with Gasteiger partial charge in [-0.2, -0.15) is 5.10 Å². The third-order valence-electron chi connectivity index (χ3n) is 5.05. The maximum Gasteiger partial charge on any atom is 0.274 e. The maximum atomic E-state index is 13.0. The summed E-state index contributed by atoms with van der Waals surface area (Å²) < 4.78 is 7.44. The predicted octanol–water partition coefficient (Wildman–Crippen LogP) is 2.06. The molecular formula is C17H24N6O2. The number of imidazole rings is 1. The zero-order valence-corrected chi connectivity index (χ0v) is 14.8. The molecular weight excluding hydrogens is 320 g/mol. The highest BCUT2D eigenvalue weighted by Crippen LogP contribution is 2.39. The van der Waals surface area contributed by atoms with Crippen molar-refractivity contribution in [2.75, 3.05) is 13.7 Å². The molecule has 1 N–H and O–H groups in total. The van der Waals surface area contributed by atoms with Crippen LogP contribution in [0.5, 0.6) is 0 Å². The Morgan fingerprint density at radius 1 is 1.40 bits per heavy atom. The number of methoxy groups -OCH3 is 1. The van der Waals surface area contributed by atoms with E-state index in [1.165, 1.54) is 0 Å². The highest BCUT2D eigenvalue weighted by molar-refractivity contribution is 5.92. The van der Waals surface area contributed by atoms with Crippen LogP contribution in [0.4, 0.5) is 0 Å². The lowest BCUT2D eigenvalue weighted by Crippen LogP contribution is -2.32. The SMILES string of the molecule is CO[C@@H]1C[C@@H](c2nc(C3CC3)n[nH]2)N(C(=O)c2cn(C(C)C)cn2)C1. The smallest absolute Gasteiger partial charge is 0.274 e. The molecule has 0 unspecified atom stereocenters. The van der Waals surface area contributed by atoms with Gasteiger partial charge in [-0.15, -0.1) is 0 Å².